The summed E-state index contributed by atoms with van der Waals surface area (Å²) in [5, 5.41) is 8.76. The number of para-hydroxylation sites is 1. The van der Waals surface area contributed by atoms with Crippen LogP contribution in [0, 0.1) is 0 Å². The standard InChI is InChI=1S/C13H13ClN6O/c14-12-3-1-2-4-13(12)21-11(5-19-9-15-7-17-19)6-20-10-16-8-18-20/h1-4,7-11H,5-6H2. The Kier molecular flexibility index (Phi) is 4.11. The van der Waals surface area contributed by atoms with E-state index in [0.717, 1.165) is 0 Å². The molecule has 3 aromatic rings. The molecule has 0 aliphatic heterocycles. The first-order valence-corrected chi connectivity index (χ1v) is 6.75. The molecule has 8 heteroatoms. The van der Waals surface area contributed by atoms with Gasteiger partial charge >= 0.3 is 0 Å². The molecule has 0 atom stereocenters. The minimum atomic E-state index is -0.201. The Morgan fingerprint density at radius 2 is 1.62 bits per heavy atom. The minimum absolute atomic E-state index is 0.201. The zero-order chi connectivity index (χ0) is 14.5. The van der Waals surface area contributed by atoms with Crippen LogP contribution in [0.2, 0.25) is 5.02 Å². The topological polar surface area (TPSA) is 70.7 Å². The molecular weight excluding hydrogens is 292 g/mol. The van der Waals surface area contributed by atoms with Crippen LogP contribution < -0.4 is 4.74 Å². The average Bonchev–Trinajstić information content (AvgIpc) is 3.15. The third-order valence-electron chi connectivity index (χ3n) is 2.84. The zero-order valence-electron chi connectivity index (χ0n) is 11.1. The van der Waals surface area contributed by atoms with Crippen molar-refractivity contribution in [2.75, 3.05) is 0 Å². The first-order chi connectivity index (χ1) is 10.3. The third kappa shape index (κ3) is 3.57. The van der Waals surface area contributed by atoms with E-state index < -0.39 is 0 Å². The van der Waals surface area contributed by atoms with Gasteiger partial charge in [-0.3, -0.25) is 0 Å². The van der Waals surface area contributed by atoms with Crippen molar-refractivity contribution in [1.29, 1.82) is 0 Å². The summed E-state index contributed by atoms with van der Waals surface area (Å²) in [4.78, 5) is 7.86. The van der Waals surface area contributed by atoms with Crippen LogP contribution in [-0.4, -0.2) is 35.6 Å². The molecule has 21 heavy (non-hydrogen) atoms. The van der Waals surface area contributed by atoms with Gasteiger partial charge in [0.25, 0.3) is 0 Å². The maximum Gasteiger partial charge on any atom is 0.138 e. The number of ether oxygens (including phenoxy) is 1. The highest BCUT2D eigenvalue weighted by Crippen LogP contribution is 2.24. The maximum absolute atomic E-state index is 6.14. The molecule has 1 aromatic carbocycles. The lowest BCUT2D eigenvalue weighted by Gasteiger charge is -2.19. The molecule has 3 rings (SSSR count). The highest BCUT2D eigenvalue weighted by Gasteiger charge is 2.15. The van der Waals surface area contributed by atoms with Crippen LogP contribution in [-0.2, 0) is 13.1 Å². The van der Waals surface area contributed by atoms with Crippen molar-refractivity contribution in [2.24, 2.45) is 0 Å². The van der Waals surface area contributed by atoms with E-state index in [1.807, 2.05) is 18.2 Å². The van der Waals surface area contributed by atoms with Crippen molar-refractivity contribution in [3.05, 3.63) is 54.6 Å². The molecule has 108 valence electrons. The van der Waals surface area contributed by atoms with E-state index >= 15 is 0 Å². The Hall–Kier alpha value is -2.41. The van der Waals surface area contributed by atoms with Gasteiger partial charge in [-0.2, -0.15) is 10.2 Å². The van der Waals surface area contributed by atoms with E-state index in [9.17, 15) is 0 Å². The summed E-state index contributed by atoms with van der Waals surface area (Å²) in [7, 11) is 0. The lowest BCUT2D eigenvalue weighted by atomic mass is 10.3. The van der Waals surface area contributed by atoms with Gasteiger partial charge in [-0.25, -0.2) is 19.3 Å². The van der Waals surface area contributed by atoms with Gasteiger partial charge in [0.15, 0.2) is 0 Å². The van der Waals surface area contributed by atoms with E-state index in [0.29, 0.717) is 23.9 Å². The molecule has 0 aliphatic carbocycles. The molecule has 0 unspecified atom stereocenters. The minimum Gasteiger partial charge on any atom is -0.485 e. The molecule has 0 aliphatic rings. The van der Waals surface area contributed by atoms with Crippen LogP contribution in [0.15, 0.2) is 49.6 Å². The number of rotatable bonds is 6. The first-order valence-electron chi connectivity index (χ1n) is 6.37. The Morgan fingerprint density at radius 1 is 1.00 bits per heavy atom. The number of nitrogens with zero attached hydrogens (tertiary/aromatic N) is 6. The fourth-order valence-electron chi connectivity index (χ4n) is 1.92. The second-order valence-corrected chi connectivity index (χ2v) is 4.81. The summed E-state index contributed by atoms with van der Waals surface area (Å²) in [6.07, 6.45) is 6.06. The van der Waals surface area contributed by atoms with Gasteiger partial charge in [-0.15, -0.1) is 0 Å². The lowest BCUT2D eigenvalue weighted by molar-refractivity contribution is 0.150. The van der Waals surface area contributed by atoms with Crippen LogP contribution in [0.1, 0.15) is 0 Å². The van der Waals surface area contributed by atoms with Crippen LogP contribution in [0.3, 0.4) is 0 Å². The summed E-state index contributed by atoms with van der Waals surface area (Å²) >= 11 is 6.14. The Bertz CT molecular complexity index is 634. The number of hydrogen-bond acceptors (Lipinski definition) is 5. The molecule has 0 bridgehead atoms. The molecule has 7 nitrogen and oxygen atoms in total. The number of hydrogen-bond donors (Lipinski definition) is 0. The Morgan fingerprint density at radius 3 is 2.14 bits per heavy atom. The molecule has 0 saturated heterocycles. The van der Waals surface area contributed by atoms with E-state index in [-0.39, 0.29) is 6.10 Å². The van der Waals surface area contributed by atoms with Gasteiger partial charge in [0.2, 0.25) is 0 Å². The Balaban J connectivity index is 1.76. The number of benzene rings is 1. The van der Waals surface area contributed by atoms with Crippen LogP contribution in [0.4, 0.5) is 0 Å². The molecule has 2 aromatic heterocycles. The average molecular weight is 305 g/mol. The molecule has 0 N–H and O–H groups in total. The van der Waals surface area contributed by atoms with Gasteiger partial charge in [-0.1, -0.05) is 23.7 Å². The fraction of sp³-hybridized carbons (Fsp3) is 0.231. The monoisotopic (exact) mass is 304 g/mol. The second kappa shape index (κ2) is 6.36. The van der Waals surface area contributed by atoms with Crippen molar-refractivity contribution in [1.82, 2.24) is 29.5 Å². The fourth-order valence-corrected chi connectivity index (χ4v) is 2.10. The van der Waals surface area contributed by atoms with Crippen molar-refractivity contribution in [3.63, 3.8) is 0 Å². The van der Waals surface area contributed by atoms with Crippen molar-refractivity contribution in [2.45, 2.75) is 19.2 Å². The third-order valence-corrected chi connectivity index (χ3v) is 3.16. The van der Waals surface area contributed by atoms with Gasteiger partial charge < -0.3 is 4.74 Å². The van der Waals surface area contributed by atoms with Crippen molar-refractivity contribution in [3.8, 4) is 5.75 Å². The summed E-state index contributed by atoms with van der Waals surface area (Å²) in [6.45, 7) is 1.07. The first kappa shape index (κ1) is 13.6. The van der Waals surface area contributed by atoms with Crippen LogP contribution in [0.25, 0.3) is 0 Å². The molecule has 0 fully saturated rings. The molecule has 0 spiro atoms. The van der Waals surface area contributed by atoms with Crippen LogP contribution >= 0.6 is 11.6 Å². The molecule has 0 amide bonds. The van der Waals surface area contributed by atoms with E-state index in [2.05, 4.69) is 20.2 Å². The summed E-state index contributed by atoms with van der Waals surface area (Å²) in [5.74, 6) is 0.629. The van der Waals surface area contributed by atoms with Crippen molar-refractivity contribution >= 4 is 11.6 Å². The summed E-state index contributed by atoms with van der Waals surface area (Å²) in [5.41, 5.74) is 0. The SMILES string of the molecule is Clc1ccccc1OC(Cn1cncn1)Cn1cncn1. The summed E-state index contributed by atoms with van der Waals surface area (Å²) in [6, 6.07) is 7.36. The smallest absolute Gasteiger partial charge is 0.138 e. The highest BCUT2D eigenvalue weighted by atomic mass is 35.5. The van der Waals surface area contributed by atoms with Gasteiger partial charge in [0.05, 0.1) is 18.1 Å². The van der Waals surface area contributed by atoms with Gasteiger partial charge in [0.1, 0.15) is 37.2 Å². The Labute approximate surface area is 126 Å². The maximum atomic E-state index is 6.14. The van der Waals surface area contributed by atoms with Gasteiger partial charge in [0, 0.05) is 0 Å². The zero-order valence-corrected chi connectivity index (χ0v) is 11.8. The van der Waals surface area contributed by atoms with E-state index in [1.165, 1.54) is 12.7 Å². The lowest BCUT2D eigenvalue weighted by Crippen LogP contribution is -2.29. The summed E-state index contributed by atoms with van der Waals surface area (Å²) < 4.78 is 9.40. The van der Waals surface area contributed by atoms with E-state index in [4.69, 9.17) is 16.3 Å². The molecular formula is C13H13ClN6O. The predicted molar refractivity (Wildman–Crippen MR) is 75.9 cm³/mol. The second-order valence-electron chi connectivity index (χ2n) is 4.41. The highest BCUT2D eigenvalue weighted by molar-refractivity contribution is 6.32. The molecule has 0 saturated carbocycles. The van der Waals surface area contributed by atoms with Crippen LogP contribution in [0.5, 0.6) is 5.75 Å². The predicted octanol–water partition coefficient (Wildman–Crippen LogP) is 1.67. The number of halogens is 1. The quantitative estimate of drug-likeness (QED) is 0.693. The molecule has 2 heterocycles. The van der Waals surface area contributed by atoms with Crippen molar-refractivity contribution < 1.29 is 4.74 Å². The van der Waals surface area contributed by atoms with Gasteiger partial charge in [-0.05, 0) is 12.1 Å². The largest absolute Gasteiger partial charge is 0.485 e. The normalized spacial score (nSPS) is 11.0. The van der Waals surface area contributed by atoms with E-state index in [1.54, 1.807) is 28.1 Å². The number of aromatic nitrogens is 6. The molecule has 0 radical (unpaired) electrons.